The summed E-state index contributed by atoms with van der Waals surface area (Å²) in [6.07, 6.45) is 6.39. The van der Waals surface area contributed by atoms with Crippen LogP contribution in [0, 0.1) is 6.92 Å². The maximum atomic E-state index is 11.6. The molecule has 0 fully saturated rings. The third kappa shape index (κ3) is 3.47. The van der Waals surface area contributed by atoms with Gasteiger partial charge in [0.2, 0.25) is 5.56 Å². The smallest absolute Gasteiger partial charge is 0.250 e. The zero-order valence-electron chi connectivity index (χ0n) is 13.2. The highest BCUT2D eigenvalue weighted by molar-refractivity contribution is 5.37. The van der Waals surface area contributed by atoms with E-state index in [1.807, 2.05) is 12.3 Å². The number of unbranched alkanes of at least 4 members (excludes halogenated alkanes) is 1. The van der Waals surface area contributed by atoms with Gasteiger partial charge >= 0.3 is 0 Å². The Morgan fingerprint density at radius 3 is 3.00 bits per heavy atom. The van der Waals surface area contributed by atoms with Gasteiger partial charge in [0, 0.05) is 24.8 Å². The molecule has 1 N–H and O–H groups in total. The van der Waals surface area contributed by atoms with Crippen LogP contribution in [0.1, 0.15) is 42.0 Å². The summed E-state index contributed by atoms with van der Waals surface area (Å²) in [6.45, 7) is 3.98. The number of nitrogens with zero attached hydrogens (tertiary/aromatic N) is 1. The standard InChI is InChI=1S/C19H24N2O/c1-15-7-8-16-9-10-18(17(16)14-15)20-11-3-5-13-21-12-4-2-6-19(21)22/h2,4,6-8,12,14,18,20H,3,5,9-11,13H2,1H3/t18-/m1/s1. The van der Waals surface area contributed by atoms with Crippen LogP contribution in [0.4, 0.5) is 0 Å². The van der Waals surface area contributed by atoms with Gasteiger partial charge in [-0.15, -0.1) is 0 Å². The van der Waals surface area contributed by atoms with Gasteiger partial charge in [-0.1, -0.05) is 29.8 Å². The van der Waals surface area contributed by atoms with Crippen LogP contribution < -0.4 is 10.9 Å². The first-order chi connectivity index (χ1) is 10.7. The molecule has 0 saturated carbocycles. The van der Waals surface area contributed by atoms with Crippen LogP contribution in [0.2, 0.25) is 0 Å². The zero-order valence-corrected chi connectivity index (χ0v) is 13.2. The highest BCUT2D eigenvalue weighted by Gasteiger charge is 2.21. The Hall–Kier alpha value is -1.87. The third-order valence-corrected chi connectivity index (χ3v) is 4.49. The molecule has 2 aromatic rings. The number of hydrogen-bond donors (Lipinski definition) is 1. The molecule has 0 unspecified atom stereocenters. The zero-order chi connectivity index (χ0) is 15.4. The van der Waals surface area contributed by atoms with Crippen LogP contribution in [0.3, 0.4) is 0 Å². The molecule has 3 rings (SSSR count). The second-order valence-corrected chi connectivity index (χ2v) is 6.19. The number of pyridine rings is 1. The van der Waals surface area contributed by atoms with Crippen LogP contribution in [0.5, 0.6) is 0 Å². The van der Waals surface area contributed by atoms with E-state index in [2.05, 4.69) is 30.4 Å². The van der Waals surface area contributed by atoms with Gasteiger partial charge in [0.25, 0.3) is 0 Å². The Labute approximate surface area is 132 Å². The Morgan fingerprint density at radius 2 is 2.14 bits per heavy atom. The van der Waals surface area contributed by atoms with Crippen LogP contribution in [0.25, 0.3) is 0 Å². The van der Waals surface area contributed by atoms with Gasteiger partial charge in [0.05, 0.1) is 0 Å². The van der Waals surface area contributed by atoms with Crippen molar-refractivity contribution in [2.75, 3.05) is 6.54 Å². The molecule has 1 aromatic carbocycles. The lowest BCUT2D eigenvalue weighted by molar-refractivity contribution is 0.495. The number of benzene rings is 1. The van der Waals surface area contributed by atoms with Gasteiger partial charge in [-0.05, 0) is 56.3 Å². The molecule has 1 heterocycles. The van der Waals surface area contributed by atoms with Gasteiger partial charge < -0.3 is 9.88 Å². The fourth-order valence-electron chi connectivity index (χ4n) is 3.26. The lowest BCUT2D eigenvalue weighted by atomic mass is 10.0. The van der Waals surface area contributed by atoms with Gasteiger partial charge in [0.15, 0.2) is 0 Å². The maximum absolute atomic E-state index is 11.6. The summed E-state index contributed by atoms with van der Waals surface area (Å²) in [5, 5.41) is 3.68. The van der Waals surface area contributed by atoms with E-state index >= 15 is 0 Å². The fourth-order valence-corrected chi connectivity index (χ4v) is 3.26. The molecular weight excluding hydrogens is 272 g/mol. The number of fused-ring (bicyclic) bond motifs is 1. The van der Waals surface area contributed by atoms with Crippen LogP contribution >= 0.6 is 0 Å². The first-order valence-corrected chi connectivity index (χ1v) is 8.22. The van der Waals surface area contributed by atoms with Crippen molar-refractivity contribution in [1.82, 2.24) is 9.88 Å². The average molecular weight is 296 g/mol. The molecule has 116 valence electrons. The predicted octanol–water partition coefficient (Wildman–Crippen LogP) is 3.21. The highest BCUT2D eigenvalue weighted by Crippen LogP contribution is 2.31. The van der Waals surface area contributed by atoms with E-state index in [1.54, 1.807) is 16.7 Å². The van der Waals surface area contributed by atoms with Crippen molar-refractivity contribution in [2.24, 2.45) is 0 Å². The summed E-state index contributed by atoms with van der Waals surface area (Å²) in [5.74, 6) is 0. The van der Waals surface area contributed by atoms with E-state index in [9.17, 15) is 4.79 Å². The fraction of sp³-hybridized carbons (Fsp3) is 0.421. The summed E-state index contributed by atoms with van der Waals surface area (Å²) in [7, 11) is 0. The summed E-state index contributed by atoms with van der Waals surface area (Å²) >= 11 is 0. The summed E-state index contributed by atoms with van der Waals surface area (Å²) < 4.78 is 1.79. The minimum atomic E-state index is 0.0932. The molecule has 0 amide bonds. The molecule has 0 aliphatic heterocycles. The van der Waals surface area contributed by atoms with Crippen LogP contribution in [-0.4, -0.2) is 11.1 Å². The normalized spacial score (nSPS) is 16.7. The minimum Gasteiger partial charge on any atom is -0.316 e. The lowest BCUT2D eigenvalue weighted by Crippen LogP contribution is -2.22. The molecule has 1 aliphatic carbocycles. The molecule has 0 spiro atoms. The molecule has 1 aromatic heterocycles. The van der Waals surface area contributed by atoms with Crippen molar-refractivity contribution in [3.63, 3.8) is 0 Å². The molecule has 0 bridgehead atoms. The van der Waals surface area contributed by atoms with Gasteiger partial charge in [-0.2, -0.15) is 0 Å². The van der Waals surface area contributed by atoms with E-state index in [1.165, 1.54) is 29.5 Å². The second-order valence-electron chi connectivity index (χ2n) is 6.19. The molecule has 1 atom stereocenters. The van der Waals surface area contributed by atoms with Crippen molar-refractivity contribution in [3.05, 3.63) is 69.6 Å². The Balaban J connectivity index is 1.44. The number of aromatic nitrogens is 1. The van der Waals surface area contributed by atoms with E-state index in [0.29, 0.717) is 6.04 Å². The van der Waals surface area contributed by atoms with Gasteiger partial charge in [0.1, 0.15) is 0 Å². The monoisotopic (exact) mass is 296 g/mol. The molecule has 3 heteroatoms. The predicted molar refractivity (Wildman–Crippen MR) is 90.2 cm³/mol. The average Bonchev–Trinajstić information content (AvgIpc) is 2.91. The number of hydrogen-bond acceptors (Lipinski definition) is 2. The molecule has 0 saturated heterocycles. The second kappa shape index (κ2) is 6.93. The maximum Gasteiger partial charge on any atom is 0.250 e. The molecule has 0 radical (unpaired) electrons. The summed E-state index contributed by atoms with van der Waals surface area (Å²) in [6, 6.07) is 12.6. The lowest BCUT2D eigenvalue weighted by Gasteiger charge is -2.14. The van der Waals surface area contributed by atoms with E-state index < -0.39 is 0 Å². The minimum absolute atomic E-state index is 0.0932. The van der Waals surface area contributed by atoms with Crippen molar-refractivity contribution >= 4 is 0 Å². The molecule has 1 aliphatic rings. The number of aryl methyl sites for hydroxylation is 3. The Kier molecular flexibility index (Phi) is 4.74. The number of nitrogens with one attached hydrogen (secondary N) is 1. The largest absolute Gasteiger partial charge is 0.316 e. The van der Waals surface area contributed by atoms with Crippen molar-refractivity contribution in [2.45, 2.75) is 45.2 Å². The summed E-state index contributed by atoms with van der Waals surface area (Å²) in [5.41, 5.74) is 4.42. The van der Waals surface area contributed by atoms with Crippen molar-refractivity contribution < 1.29 is 0 Å². The van der Waals surface area contributed by atoms with Crippen molar-refractivity contribution in [3.8, 4) is 0 Å². The topological polar surface area (TPSA) is 34.0 Å². The van der Waals surface area contributed by atoms with E-state index in [4.69, 9.17) is 0 Å². The van der Waals surface area contributed by atoms with Gasteiger partial charge in [-0.25, -0.2) is 0 Å². The first-order valence-electron chi connectivity index (χ1n) is 8.22. The van der Waals surface area contributed by atoms with E-state index in [-0.39, 0.29) is 5.56 Å². The molecular formula is C19H24N2O. The Bertz CT molecular complexity index is 690. The SMILES string of the molecule is Cc1ccc2c(c1)[C@H](NCCCCn1ccccc1=O)CC2. The van der Waals surface area contributed by atoms with Crippen LogP contribution in [-0.2, 0) is 13.0 Å². The van der Waals surface area contributed by atoms with Crippen LogP contribution in [0.15, 0.2) is 47.4 Å². The number of rotatable bonds is 6. The summed E-state index contributed by atoms with van der Waals surface area (Å²) in [4.78, 5) is 11.6. The van der Waals surface area contributed by atoms with Crippen molar-refractivity contribution in [1.29, 1.82) is 0 Å². The molecule has 3 nitrogen and oxygen atoms in total. The molecule has 22 heavy (non-hydrogen) atoms. The van der Waals surface area contributed by atoms with Gasteiger partial charge in [-0.3, -0.25) is 4.79 Å². The third-order valence-electron chi connectivity index (χ3n) is 4.49. The highest BCUT2D eigenvalue weighted by atomic mass is 16.1. The van der Waals surface area contributed by atoms with E-state index in [0.717, 1.165) is 25.9 Å². The first kappa shape index (κ1) is 15.0. The Morgan fingerprint density at radius 1 is 1.23 bits per heavy atom. The quantitative estimate of drug-likeness (QED) is 0.831.